The molecule has 0 radical (unpaired) electrons. The topological polar surface area (TPSA) is 122 Å². The summed E-state index contributed by atoms with van der Waals surface area (Å²) in [5.74, 6) is 0. The molecule has 0 rings (SSSR count). The van der Waals surface area contributed by atoms with E-state index in [1.165, 1.54) is 13.8 Å². The van der Waals surface area contributed by atoms with Crippen molar-refractivity contribution in [1.29, 1.82) is 0 Å². The van der Waals surface area contributed by atoms with Crippen molar-refractivity contribution < 1.29 is 30.3 Å². The fourth-order valence-corrected chi connectivity index (χ4v) is 1.03. The zero-order chi connectivity index (χ0) is 12.7. The summed E-state index contributed by atoms with van der Waals surface area (Å²) in [5, 5.41) is 48.1. The van der Waals surface area contributed by atoms with Crippen molar-refractivity contribution in [2.75, 3.05) is 13.2 Å². The number of nitrogens with one attached hydrogen (secondary N) is 1. The molecule has 0 fully saturated rings. The smallest absolute Gasteiger partial charge is 0.151 e. The molecule has 16 heavy (non-hydrogen) atoms. The highest BCUT2D eigenvalue weighted by Gasteiger charge is 2.27. The Morgan fingerprint density at radius 1 is 1.00 bits per heavy atom. The summed E-state index contributed by atoms with van der Waals surface area (Å²) in [6.07, 6.45) is -6.33. The van der Waals surface area contributed by atoms with Gasteiger partial charge in [0.1, 0.15) is 18.4 Å². The van der Waals surface area contributed by atoms with E-state index in [1.54, 1.807) is 0 Å². The van der Waals surface area contributed by atoms with Crippen LogP contribution in [0.2, 0.25) is 0 Å². The molecule has 0 heterocycles. The summed E-state index contributed by atoms with van der Waals surface area (Å²) in [7, 11) is 0. The van der Waals surface area contributed by atoms with E-state index >= 15 is 0 Å². The Balaban J connectivity index is 3.75. The third kappa shape index (κ3) is 6.33. The number of hydrogen-bond acceptors (Lipinski definition) is 7. The lowest BCUT2D eigenvalue weighted by Crippen LogP contribution is -2.50. The van der Waals surface area contributed by atoms with Gasteiger partial charge < -0.3 is 30.3 Å². The highest BCUT2D eigenvalue weighted by molar-refractivity contribution is 4.77. The van der Waals surface area contributed by atoms with Crippen molar-refractivity contribution in [3.8, 4) is 0 Å². The second-order valence-electron chi connectivity index (χ2n) is 3.59. The van der Waals surface area contributed by atoms with Crippen LogP contribution < -0.4 is 5.32 Å². The van der Waals surface area contributed by atoms with Gasteiger partial charge in [0.25, 0.3) is 0 Å². The number of hydrogen-bond donors (Lipinski definition) is 6. The first kappa shape index (κ1) is 15.7. The minimum Gasteiger partial charge on any atom is -0.391 e. The normalized spacial score (nSPS) is 21.2. The Hall–Kier alpha value is -0.280. The highest BCUT2D eigenvalue weighted by Crippen LogP contribution is 2.02. The molecule has 0 saturated heterocycles. The summed E-state index contributed by atoms with van der Waals surface area (Å²) >= 11 is 0. The number of rotatable bonds is 8. The summed E-state index contributed by atoms with van der Waals surface area (Å²) in [5.41, 5.74) is 0. The van der Waals surface area contributed by atoms with Gasteiger partial charge in [0.05, 0.1) is 12.7 Å². The maximum atomic E-state index is 9.35. The molecular formula is C9H21NO6. The third-order valence-corrected chi connectivity index (χ3v) is 1.98. The molecule has 0 spiro atoms. The van der Waals surface area contributed by atoms with Gasteiger partial charge >= 0.3 is 0 Å². The molecule has 7 nitrogen and oxygen atoms in total. The molecule has 0 bridgehead atoms. The maximum absolute atomic E-state index is 9.35. The molecule has 0 amide bonds. The van der Waals surface area contributed by atoms with Crippen LogP contribution in [0.15, 0.2) is 0 Å². The van der Waals surface area contributed by atoms with E-state index in [-0.39, 0.29) is 13.2 Å². The van der Waals surface area contributed by atoms with Gasteiger partial charge in [-0.3, -0.25) is 5.32 Å². The van der Waals surface area contributed by atoms with Crippen molar-refractivity contribution in [1.82, 2.24) is 5.32 Å². The summed E-state index contributed by atoms with van der Waals surface area (Å²) in [6.45, 7) is 3.08. The van der Waals surface area contributed by atoms with E-state index in [2.05, 4.69) is 5.32 Å². The van der Waals surface area contributed by atoms with Crippen LogP contribution in [0.25, 0.3) is 0 Å². The Morgan fingerprint density at radius 2 is 1.56 bits per heavy atom. The SMILES string of the molecule is CC(O)OCCNC(O)C(O)C(O)C(C)O. The van der Waals surface area contributed by atoms with Crippen LogP contribution in [0.5, 0.6) is 0 Å². The van der Waals surface area contributed by atoms with Gasteiger partial charge in [0.2, 0.25) is 0 Å². The van der Waals surface area contributed by atoms with Crippen molar-refractivity contribution in [3.05, 3.63) is 0 Å². The van der Waals surface area contributed by atoms with Crippen molar-refractivity contribution in [2.24, 2.45) is 0 Å². The Bertz CT molecular complexity index is 177. The fourth-order valence-electron chi connectivity index (χ4n) is 1.03. The van der Waals surface area contributed by atoms with E-state index in [0.29, 0.717) is 0 Å². The first-order valence-electron chi connectivity index (χ1n) is 5.11. The average molecular weight is 239 g/mol. The predicted molar refractivity (Wildman–Crippen MR) is 55.3 cm³/mol. The second kappa shape index (κ2) is 7.91. The molecule has 0 aromatic rings. The number of aliphatic hydroxyl groups excluding tert-OH is 5. The molecule has 0 aliphatic heterocycles. The van der Waals surface area contributed by atoms with Crippen LogP contribution in [0.3, 0.4) is 0 Å². The molecule has 0 aliphatic rings. The molecule has 98 valence electrons. The quantitative estimate of drug-likeness (QED) is 0.202. The van der Waals surface area contributed by atoms with Crippen LogP contribution in [0.1, 0.15) is 13.8 Å². The molecule has 0 saturated carbocycles. The van der Waals surface area contributed by atoms with Gasteiger partial charge in [-0.2, -0.15) is 0 Å². The first-order chi connectivity index (χ1) is 7.36. The lowest BCUT2D eigenvalue weighted by Gasteiger charge is -2.25. The van der Waals surface area contributed by atoms with Crippen molar-refractivity contribution in [3.63, 3.8) is 0 Å². The molecule has 6 N–H and O–H groups in total. The van der Waals surface area contributed by atoms with E-state index in [9.17, 15) is 15.3 Å². The molecular weight excluding hydrogens is 218 g/mol. The summed E-state index contributed by atoms with van der Waals surface area (Å²) in [4.78, 5) is 0. The second-order valence-corrected chi connectivity index (χ2v) is 3.59. The molecule has 5 unspecified atom stereocenters. The van der Waals surface area contributed by atoms with Crippen LogP contribution in [-0.2, 0) is 4.74 Å². The maximum Gasteiger partial charge on any atom is 0.151 e. The van der Waals surface area contributed by atoms with Gasteiger partial charge in [-0.15, -0.1) is 0 Å². The lowest BCUT2D eigenvalue weighted by atomic mass is 10.1. The zero-order valence-electron chi connectivity index (χ0n) is 9.45. The number of aliphatic hydroxyl groups is 5. The van der Waals surface area contributed by atoms with Gasteiger partial charge in [0.15, 0.2) is 6.29 Å². The molecule has 0 aromatic carbocycles. The highest BCUT2D eigenvalue weighted by atomic mass is 16.6. The predicted octanol–water partition coefficient (Wildman–Crippen LogP) is -2.65. The van der Waals surface area contributed by atoms with Gasteiger partial charge in [0, 0.05) is 6.54 Å². The van der Waals surface area contributed by atoms with E-state index < -0.39 is 30.8 Å². The molecule has 7 heteroatoms. The van der Waals surface area contributed by atoms with Crippen LogP contribution in [0, 0.1) is 0 Å². The Labute approximate surface area is 94.3 Å². The van der Waals surface area contributed by atoms with E-state index in [0.717, 1.165) is 0 Å². The number of ether oxygens (including phenoxy) is 1. The molecule has 5 atom stereocenters. The van der Waals surface area contributed by atoms with Crippen molar-refractivity contribution in [2.45, 2.75) is 44.7 Å². The Morgan fingerprint density at radius 3 is 2.00 bits per heavy atom. The van der Waals surface area contributed by atoms with Crippen molar-refractivity contribution >= 4 is 0 Å². The third-order valence-electron chi connectivity index (χ3n) is 1.98. The monoisotopic (exact) mass is 239 g/mol. The minimum atomic E-state index is -1.49. The fraction of sp³-hybridized carbons (Fsp3) is 1.00. The van der Waals surface area contributed by atoms with Gasteiger partial charge in [-0.25, -0.2) is 0 Å². The van der Waals surface area contributed by atoms with Crippen LogP contribution in [-0.4, -0.2) is 69.5 Å². The molecule has 0 aromatic heterocycles. The van der Waals surface area contributed by atoms with E-state index in [1.807, 2.05) is 0 Å². The Kier molecular flexibility index (Phi) is 7.77. The lowest BCUT2D eigenvalue weighted by molar-refractivity contribution is -0.114. The van der Waals surface area contributed by atoms with Crippen LogP contribution in [0.4, 0.5) is 0 Å². The summed E-state index contributed by atoms with van der Waals surface area (Å²) in [6, 6.07) is 0. The average Bonchev–Trinajstić information content (AvgIpc) is 2.21. The zero-order valence-corrected chi connectivity index (χ0v) is 9.45. The van der Waals surface area contributed by atoms with Crippen LogP contribution >= 0.6 is 0 Å². The first-order valence-corrected chi connectivity index (χ1v) is 5.11. The van der Waals surface area contributed by atoms with E-state index in [4.69, 9.17) is 14.9 Å². The largest absolute Gasteiger partial charge is 0.391 e. The summed E-state index contributed by atoms with van der Waals surface area (Å²) < 4.78 is 4.77. The van der Waals surface area contributed by atoms with Gasteiger partial charge in [-0.05, 0) is 13.8 Å². The standard InChI is InChI=1S/C9H21NO6/c1-5(11)7(13)8(14)9(15)10-3-4-16-6(2)12/h5-15H,3-4H2,1-2H3. The minimum absolute atomic E-state index is 0.145. The molecule has 0 aliphatic carbocycles. The van der Waals surface area contributed by atoms with Gasteiger partial charge in [-0.1, -0.05) is 0 Å².